The van der Waals surface area contributed by atoms with Crippen LogP contribution in [-0.2, 0) is 0 Å². The maximum absolute atomic E-state index is 4.62. The van der Waals surface area contributed by atoms with Crippen LogP contribution in [0.2, 0.25) is 0 Å². The average Bonchev–Trinajstić information content (AvgIpc) is 2.68. The Balaban J connectivity index is 2.13. The van der Waals surface area contributed by atoms with Gasteiger partial charge in [0, 0.05) is 6.54 Å². The second kappa shape index (κ2) is 4.88. The van der Waals surface area contributed by atoms with Crippen molar-refractivity contribution >= 4 is 26.7 Å². The molecule has 2 aromatic rings. The summed E-state index contributed by atoms with van der Waals surface area (Å²) in [7, 11) is 0. The van der Waals surface area contributed by atoms with Gasteiger partial charge in [-0.05, 0) is 36.0 Å². The second-order valence-electron chi connectivity index (χ2n) is 5.99. The van der Waals surface area contributed by atoms with Crippen LogP contribution in [0.15, 0.2) is 18.2 Å². The van der Waals surface area contributed by atoms with Crippen LogP contribution in [0.3, 0.4) is 0 Å². The minimum Gasteiger partial charge on any atom is -0.361 e. The molecule has 2 rings (SSSR count). The van der Waals surface area contributed by atoms with Gasteiger partial charge in [-0.2, -0.15) is 0 Å². The molecule has 0 saturated heterocycles. The topological polar surface area (TPSA) is 24.9 Å². The molecule has 0 bridgehead atoms. The van der Waals surface area contributed by atoms with Gasteiger partial charge in [0.15, 0.2) is 5.13 Å². The quantitative estimate of drug-likeness (QED) is 0.864. The summed E-state index contributed by atoms with van der Waals surface area (Å²) >= 11 is 1.74. The molecule has 0 amide bonds. The molecule has 0 saturated carbocycles. The highest BCUT2D eigenvalue weighted by Gasteiger charge is 2.22. The van der Waals surface area contributed by atoms with E-state index in [4.69, 9.17) is 0 Å². The van der Waals surface area contributed by atoms with Gasteiger partial charge in [-0.1, -0.05) is 45.1 Å². The van der Waals surface area contributed by atoms with Gasteiger partial charge < -0.3 is 5.32 Å². The second-order valence-corrected chi connectivity index (χ2v) is 7.02. The van der Waals surface area contributed by atoms with Gasteiger partial charge in [0.05, 0.1) is 10.2 Å². The van der Waals surface area contributed by atoms with Gasteiger partial charge in [0.25, 0.3) is 0 Å². The fourth-order valence-corrected chi connectivity index (χ4v) is 2.57. The van der Waals surface area contributed by atoms with Crippen molar-refractivity contribution in [2.24, 2.45) is 11.3 Å². The molecule has 2 nitrogen and oxygen atoms in total. The van der Waals surface area contributed by atoms with Gasteiger partial charge in [-0.3, -0.25) is 0 Å². The molecule has 98 valence electrons. The lowest BCUT2D eigenvalue weighted by atomic mass is 9.81. The Bertz CT molecular complexity index is 540. The zero-order valence-electron chi connectivity index (χ0n) is 11.9. The number of fused-ring (bicyclic) bond motifs is 1. The number of anilines is 1. The maximum Gasteiger partial charge on any atom is 0.183 e. The van der Waals surface area contributed by atoms with Crippen LogP contribution in [0.1, 0.15) is 33.3 Å². The molecule has 0 spiro atoms. The molecule has 0 fully saturated rings. The van der Waals surface area contributed by atoms with Crippen molar-refractivity contribution < 1.29 is 0 Å². The number of aromatic nitrogens is 1. The molecule has 0 unspecified atom stereocenters. The number of thiazole rings is 1. The number of aryl methyl sites for hydroxylation is 1. The fraction of sp³-hybridized carbons (Fsp3) is 0.533. The molecular formula is C15H22N2S. The predicted octanol–water partition coefficient (Wildman–Crippen LogP) is 4.70. The van der Waals surface area contributed by atoms with Gasteiger partial charge in [-0.25, -0.2) is 4.98 Å². The first kappa shape index (κ1) is 13.3. The Kier molecular flexibility index (Phi) is 3.62. The fourth-order valence-electron chi connectivity index (χ4n) is 1.61. The highest BCUT2D eigenvalue weighted by Crippen LogP contribution is 2.30. The van der Waals surface area contributed by atoms with Crippen molar-refractivity contribution in [2.45, 2.75) is 34.6 Å². The lowest BCUT2D eigenvalue weighted by molar-refractivity contribution is 0.269. The van der Waals surface area contributed by atoms with E-state index in [1.165, 1.54) is 10.3 Å². The Morgan fingerprint density at radius 3 is 2.72 bits per heavy atom. The third-order valence-electron chi connectivity index (χ3n) is 3.80. The van der Waals surface area contributed by atoms with Gasteiger partial charge >= 0.3 is 0 Å². The molecular weight excluding hydrogens is 240 g/mol. The molecule has 1 aromatic carbocycles. The van der Waals surface area contributed by atoms with Gasteiger partial charge in [0.1, 0.15) is 0 Å². The van der Waals surface area contributed by atoms with Crippen molar-refractivity contribution in [2.75, 3.05) is 11.9 Å². The molecule has 0 aliphatic rings. The van der Waals surface area contributed by atoms with E-state index in [9.17, 15) is 0 Å². The summed E-state index contributed by atoms with van der Waals surface area (Å²) in [4.78, 5) is 4.62. The average molecular weight is 262 g/mol. The van der Waals surface area contributed by atoms with Crippen LogP contribution >= 0.6 is 11.3 Å². The lowest BCUT2D eigenvalue weighted by Gasteiger charge is -2.29. The van der Waals surface area contributed by atoms with Crippen molar-refractivity contribution in [3.63, 3.8) is 0 Å². The first-order chi connectivity index (χ1) is 8.38. The number of rotatable bonds is 4. The molecule has 18 heavy (non-hydrogen) atoms. The number of hydrogen-bond acceptors (Lipinski definition) is 3. The minimum atomic E-state index is 0.285. The summed E-state index contributed by atoms with van der Waals surface area (Å²) in [6.07, 6.45) is 0. The van der Waals surface area contributed by atoms with Crippen LogP contribution < -0.4 is 5.32 Å². The zero-order valence-corrected chi connectivity index (χ0v) is 12.7. The number of hydrogen-bond donors (Lipinski definition) is 1. The molecule has 0 atom stereocenters. The Morgan fingerprint density at radius 1 is 1.33 bits per heavy atom. The smallest absolute Gasteiger partial charge is 0.183 e. The minimum absolute atomic E-state index is 0.285. The highest BCUT2D eigenvalue weighted by molar-refractivity contribution is 7.22. The van der Waals surface area contributed by atoms with Gasteiger partial charge in [-0.15, -0.1) is 0 Å². The predicted molar refractivity (Wildman–Crippen MR) is 81.5 cm³/mol. The number of benzene rings is 1. The van der Waals surface area contributed by atoms with E-state index in [1.54, 1.807) is 11.3 Å². The van der Waals surface area contributed by atoms with E-state index < -0.39 is 0 Å². The zero-order chi connectivity index (χ0) is 13.3. The number of nitrogens with zero attached hydrogens (tertiary/aromatic N) is 1. The summed E-state index contributed by atoms with van der Waals surface area (Å²) in [6.45, 7) is 12.2. The summed E-state index contributed by atoms with van der Waals surface area (Å²) in [6, 6.07) is 6.41. The first-order valence-electron chi connectivity index (χ1n) is 6.49. The van der Waals surface area contributed by atoms with E-state index >= 15 is 0 Å². The number of nitrogens with one attached hydrogen (secondary N) is 1. The van der Waals surface area contributed by atoms with E-state index in [0.717, 1.165) is 17.2 Å². The molecule has 1 heterocycles. The van der Waals surface area contributed by atoms with E-state index in [2.05, 4.69) is 63.1 Å². The van der Waals surface area contributed by atoms with Crippen LogP contribution in [0.4, 0.5) is 5.13 Å². The summed E-state index contributed by atoms with van der Waals surface area (Å²) in [5.41, 5.74) is 2.67. The lowest BCUT2D eigenvalue weighted by Crippen LogP contribution is -2.28. The van der Waals surface area contributed by atoms with Crippen molar-refractivity contribution in [3.05, 3.63) is 23.8 Å². The highest BCUT2D eigenvalue weighted by atomic mass is 32.1. The molecule has 3 heteroatoms. The monoisotopic (exact) mass is 262 g/mol. The van der Waals surface area contributed by atoms with E-state index in [0.29, 0.717) is 5.92 Å². The summed E-state index contributed by atoms with van der Waals surface area (Å²) in [5.74, 6) is 0.654. The summed E-state index contributed by atoms with van der Waals surface area (Å²) < 4.78 is 1.26. The SMILES string of the molecule is Cc1ccc2nc(NCC(C)(C)C(C)C)sc2c1. The Morgan fingerprint density at radius 2 is 2.06 bits per heavy atom. The van der Waals surface area contributed by atoms with E-state index in [1.807, 2.05) is 0 Å². The van der Waals surface area contributed by atoms with Crippen LogP contribution in [0.5, 0.6) is 0 Å². The van der Waals surface area contributed by atoms with Crippen LogP contribution in [0.25, 0.3) is 10.2 Å². The first-order valence-corrected chi connectivity index (χ1v) is 7.31. The Hall–Kier alpha value is -1.09. The Labute approximate surface area is 113 Å². The molecule has 0 aliphatic heterocycles. The van der Waals surface area contributed by atoms with E-state index in [-0.39, 0.29) is 5.41 Å². The van der Waals surface area contributed by atoms with Crippen molar-refractivity contribution in [1.29, 1.82) is 0 Å². The molecule has 1 aromatic heterocycles. The molecule has 1 N–H and O–H groups in total. The van der Waals surface area contributed by atoms with Gasteiger partial charge in [0.2, 0.25) is 0 Å². The maximum atomic E-state index is 4.62. The molecule has 0 aliphatic carbocycles. The van der Waals surface area contributed by atoms with Crippen molar-refractivity contribution in [3.8, 4) is 0 Å². The summed E-state index contributed by atoms with van der Waals surface area (Å²) in [5, 5.41) is 4.51. The van der Waals surface area contributed by atoms with Crippen LogP contribution in [-0.4, -0.2) is 11.5 Å². The largest absolute Gasteiger partial charge is 0.361 e. The van der Waals surface area contributed by atoms with Crippen molar-refractivity contribution in [1.82, 2.24) is 4.98 Å². The normalized spacial score (nSPS) is 12.3. The van der Waals surface area contributed by atoms with Crippen LogP contribution in [0, 0.1) is 18.3 Å². The third kappa shape index (κ3) is 2.83. The molecule has 0 radical (unpaired) electrons. The standard InChI is InChI=1S/C15H22N2S/c1-10(2)15(4,5)9-16-14-17-12-7-6-11(3)8-13(12)18-14/h6-8,10H,9H2,1-5H3,(H,16,17). The third-order valence-corrected chi connectivity index (χ3v) is 4.78.